The van der Waals surface area contributed by atoms with Crippen LogP contribution in [0.1, 0.15) is 0 Å². The summed E-state index contributed by atoms with van der Waals surface area (Å²) >= 11 is 0. The Morgan fingerprint density at radius 3 is 1.62 bits per heavy atom. The van der Waals surface area contributed by atoms with E-state index in [0.29, 0.717) is 0 Å². The summed E-state index contributed by atoms with van der Waals surface area (Å²) in [5.41, 5.74) is 0. The molecule has 0 atom stereocenters. The first-order valence-corrected chi connectivity index (χ1v) is 10.9. The molecule has 1 heteroatoms. The number of benzene rings is 4. The molecule has 0 saturated carbocycles. The highest BCUT2D eigenvalue weighted by Crippen LogP contribution is 2.16. The van der Waals surface area contributed by atoms with Crippen molar-refractivity contribution >= 4 is 34.4 Å². The summed E-state index contributed by atoms with van der Waals surface area (Å²) in [4.78, 5) is 0. The van der Waals surface area contributed by atoms with Crippen molar-refractivity contribution in [2.45, 2.75) is 6.55 Å². The fraction of sp³-hybridized carbons (Fsp3) is 0.0435. The molecule has 0 fully saturated rings. The van der Waals surface area contributed by atoms with E-state index in [1.807, 2.05) is 0 Å². The number of hydrogen-bond donors (Lipinski definition) is 0. The topological polar surface area (TPSA) is 0 Å². The predicted molar refractivity (Wildman–Crippen MR) is 107 cm³/mol. The quantitative estimate of drug-likeness (QED) is 0.395. The Labute approximate surface area is 144 Å². The second-order valence-electron chi connectivity index (χ2n) is 6.38. The van der Waals surface area contributed by atoms with E-state index < -0.39 is 8.07 Å². The van der Waals surface area contributed by atoms with Gasteiger partial charge in [0.1, 0.15) is 8.07 Å². The highest BCUT2D eigenvalue weighted by atomic mass is 28.3. The van der Waals surface area contributed by atoms with Crippen LogP contribution in [0.15, 0.2) is 103 Å². The molecule has 4 rings (SSSR count). The van der Waals surface area contributed by atoms with Crippen LogP contribution >= 0.6 is 0 Å². The number of fused-ring (bicyclic) bond motifs is 1. The van der Waals surface area contributed by atoms with Gasteiger partial charge in [0, 0.05) is 0 Å². The van der Waals surface area contributed by atoms with Crippen LogP contribution in [0, 0.1) is 0 Å². The van der Waals surface area contributed by atoms with Gasteiger partial charge in [-0.15, -0.1) is 0 Å². The second kappa shape index (κ2) is 6.10. The number of hydrogen-bond acceptors (Lipinski definition) is 0. The van der Waals surface area contributed by atoms with E-state index in [4.69, 9.17) is 0 Å². The summed E-state index contributed by atoms with van der Waals surface area (Å²) in [7, 11) is -2.04. The smallest absolute Gasteiger partial charge is 0.0624 e. The van der Waals surface area contributed by atoms with E-state index in [1.54, 1.807) is 0 Å². The van der Waals surface area contributed by atoms with Gasteiger partial charge in [-0.1, -0.05) is 110 Å². The molecule has 0 radical (unpaired) electrons. The van der Waals surface area contributed by atoms with Crippen molar-refractivity contribution in [1.82, 2.24) is 0 Å². The van der Waals surface area contributed by atoms with Crippen molar-refractivity contribution in [3.63, 3.8) is 0 Å². The van der Waals surface area contributed by atoms with Crippen LogP contribution < -0.4 is 15.6 Å². The summed E-state index contributed by atoms with van der Waals surface area (Å²) in [6, 6.07) is 37.5. The van der Waals surface area contributed by atoms with E-state index in [0.717, 1.165) is 0 Å². The zero-order valence-electron chi connectivity index (χ0n) is 13.8. The molecule has 0 aliphatic heterocycles. The maximum Gasteiger partial charge on any atom is 0.146 e. The normalized spacial score (nSPS) is 11.5. The van der Waals surface area contributed by atoms with Gasteiger partial charge in [-0.2, -0.15) is 0 Å². The summed E-state index contributed by atoms with van der Waals surface area (Å²) in [5.74, 6) is 0. The standard InChI is InChI=1S/C23H20Si/c1-24(20-13-4-2-5-14-20,21-15-6-3-7-16-21)23-18-10-12-19-11-8-9-17-22(19)23/h2-18H,1H3. The van der Waals surface area contributed by atoms with E-state index in [1.165, 1.54) is 26.3 Å². The van der Waals surface area contributed by atoms with Crippen molar-refractivity contribution in [1.29, 1.82) is 0 Å². The van der Waals surface area contributed by atoms with Crippen LogP contribution in [0.4, 0.5) is 0 Å². The Kier molecular flexibility index (Phi) is 3.79. The Bertz CT molecular complexity index is 914. The van der Waals surface area contributed by atoms with Crippen LogP contribution in [0.3, 0.4) is 0 Å². The molecular weight excluding hydrogens is 304 g/mol. The molecule has 0 nitrogen and oxygen atoms in total. The zero-order chi connectivity index (χ0) is 16.4. The van der Waals surface area contributed by atoms with Gasteiger partial charge in [-0.3, -0.25) is 0 Å². The van der Waals surface area contributed by atoms with Crippen molar-refractivity contribution in [3.05, 3.63) is 103 Å². The van der Waals surface area contributed by atoms with Gasteiger partial charge < -0.3 is 0 Å². The molecule has 0 saturated heterocycles. The molecular formula is C23H20Si. The minimum absolute atomic E-state index is 1.32. The molecule has 0 aliphatic carbocycles. The lowest BCUT2D eigenvalue weighted by atomic mass is 10.1. The maximum absolute atomic E-state index is 2.47. The van der Waals surface area contributed by atoms with Crippen LogP contribution in [-0.4, -0.2) is 8.07 Å². The average molecular weight is 324 g/mol. The van der Waals surface area contributed by atoms with Crippen LogP contribution in [0.5, 0.6) is 0 Å². The van der Waals surface area contributed by atoms with Gasteiger partial charge in [-0.05, 0) is 26.3 Å². The lowest BCUT2D eigenvalue weighted by molar-refractivity contribution is 1.68. The Morgan fingerprint density at radius 1 is 0.500 bits per heavy atom. The fourth-order valence-electron chi connectivity index (χ4n) is 3.68. The summed E-state index contributed by atoms with van der Waals surface area (Å²) in [5, 5.41) is 7.08. The molecule has 4 aromatic rings. The molecule has 0 unspecified atom stereocenters. The third kappa shape index (κ3) is 2.38. The van der Waals surface area contributed by atoms with Gasteiger partial charge in [0.25, 0.3) is 0 Å². The van der Waals surface area contributed by atoms with E-state index in [-0.39, 0.29) is 0 Å². The lowest BCUT2D eigenvalue weighted by Crippen LogP contribution is -2.64. The molecule has 0 aromatic heterocycles. The first-order valence-electron chi connectivity index (χ1n) is 8.39. The molecule has 0 spiro atoms. The first kappa shape index (κ1) is 14.9. The lowest BCUT2D eigenvalue weighted by Gasteiger charge is -2.30. The highest BCUT2D eigenvalue weighted by Gasteiger charge is 2.34. The van der Waals surface area contributed by atoms with Crippen LogP contribution in [0.2, 0.25) is 6.55 Å². The van der Waals surface area contributed by atoms with Gasteiger partial charge in [0.15, 0.2) is 0 Å². The van der Waals surface area contributed by atoms with Gasteiger partial charge in [0.05, 0.1) is 0 Å². The molecule has 0 heterocycles. The SMILES string of the molecule is C[Si](c1ccccc1)(c1ccccc1)c1cccc2ccccc12. The van der Waals surface area contributed by atoms with Gasteiger partial charge >= 0.3 is 0 Å². The molecule has 0 amide bonds. The largest absolute Gasteiger partial charge is 0.146 e. The minimum Gasteiger partial charge on any atom is -0.0624 e. The summed E-state index contributed by atoms with van der Waals surface area (Å²) < 4.78 is 0. The van der Waals surface area contributed by atoms with Crippen molar-refractivity contribution in [2.75, 3.05) is 0 Å². The molecule has 0 N–H and O–H groups in total. The van der Waals surface area contributed by atoms with Crippen LogP contribution in [-0.2, 0) is 0 Å². The summed E-state index contributed by atoms with van der Waals surface area (Å²) in [6.45, 7) is 2.47. The van der Waals surface area contributed by atoms with Crippen molar-refractivity contribution in [3.8, 4) is 0 Å². The van der Waals surface area contributed by atoms with E-state index in [9.17, 15) is 0 Å². The third-order valence-electron chi connectivity index (χ3n) is 5.03. The van der Waals surface area contributed by atoms with Crippen molar-refractivity contribution in [2.24, 2.45) is 0 Å². The van der Waals surface area contributed by atoms with Gasteiger partial charge in [-0.25, -0.2) is 0 Å². The molecule has 0 aliphatic rings. The van der Waals surface area contributed by atoms with Crippen LogP contribution in [0.25, 0.3) is 10.8 Å². The summed E-state index contributed by atoms with van der Waals surface area (Å²) in [6.07, 6.45) is 0. The number of rotatable bonds is 3. The molecule has 4 aromatic carbocycles. The Balaban J connectivity index is 2.07. The third-order valence-corrected chi connectivity index (χ3v) is 9.52. The minimum atomic E-state index is -2.04. The monoisotopic (exact) mass is 324 g/mol. The second-order valence-corrected chi connectivity index (χ2v) is 10.3. The van der Waals surface area contributed by atoms with E-state index >= 15 is 0 Å². The Hall–Kier alpha value is -2.64. The average Bonchev–Trinajstić information content (AvgIpc) is 2.68. The molecule has 0 bridgehead atoms. The maximum atomic E-state index is 2.47. The predicted octanol–water partition coefficient (Wildman–Crippen LogP) is 3.94. The first-order chi connectivity index (χ1) is 11.8. The van der Waals surface area contributed by atoms with Crippen molar-refractivity contribution < 1.29 is 0 Å². The van der Waals surface area contributed by atoms with E-state index in [2.05, 4.69) is 110 Å². The molecule has 24 heavy (non-hydrogen) atoms. The molecule has 116 valence electrons. The van der Waals surface area contributed by atoms with Gasteiger partial charge in [0.2, 0.25) is 0 Å². The Morgan fingerprint density at radius 2 is 1.00 bits per heavy atom. The fourth-order valence-corrected chi connectivity index (χ4v) is 7.55. The zero-order valence-corrected chi connectivity index (χ0v) is 14.8. The highest BCUT2D eigenvalue weighted by molar-refractivity contribution is 7.11.